The lowest BCUT2D eigenvalue weighted by molar-refractivity contribution is -0.114. The van der Waals surface area contributed by atoms with Gasteiger partial charge >= 0.3 is 0 Å². The lowest BCUT2D eigenvalue weighted by atomic mass is 10.1. The molecule has 1 aromatic carbocycles. The minimum Gasteiger partial charge on any atom is -0.358 e. The van der Waals surface area contributed by atoms with Gasteiger partial charge in [-0.05, 0) is 43.8 Å². The molecular weight excluding hydrogens is 284 g/mol. The van der Waals surface area contributed by atoms with Crippen molar-refractivity contribution < 1.29 is 4.79 Å². The topological polar surface area (TPSA) is 65.5 Å². The zero-order chi connectivity index (χ0) is 15.8. The van der Waals surface area contributed by atoms with Gasteiger partial charge in [-0.2, -0.15) is 5.10 Å². The van der Waals surface area contributed by atoms with Crippen molar-refractivity contribution in [2.75, 3.05) is 11.9 Å². The summed E-state index contributed by atoms with van der Waals surface area (Å²) in [6.45, 7) is 9.64. The van der Waals surface area contributed by atoms with E-state index < -0.39 is 0 Å². The number of carbonyl (C=O) groups excluding carboxylic acids is 1. The molecule has 0 aliphatic carbocycles. The number of benzene rings is 1. The molecule has 0 fully saturated rings. The van der Waals surface area contributed by atoms with Gasteiger partial charge in [-0.15, -0.1) is 0 Å². The van der Waals surface area contributed by atoms with Crippen LogP contribution in [-0.4, -0.2) is 23.3 Å². The third-order valence-corrected chi connectivity index (χ3v) is 2.71. The molecule has 0 saturated heterocycles. The zero-order valence-corrected chi connectivity index (χ0v) is 13.3. The van der Waals surface area contributed by atoms with Crippen LogP contribution in [0.25, 0.3) is 0 Å². The Morgan fingerprint density at radius 1 is 1.33 bits per heavy atom. The summed E-state index contributed by atoms with van der Waals surface area (Å²) in [5, 5.41) is 10.4. The Bertz CT molecular complexity index is 581. The summed E-state index contributed by atoms with van der Waals surface area (Å²) in [5.74, 6) is -0.106. The third-order valence-electron chi connectivity index (χ3n) is 2.48. The van der Waals surface area contributed by atoms with E-state index in [0.29, 0.717) is 11.7 Å². The van der Waals surface area contributed by atoms with Gasteiger partial charge in [0, 0.05) is 19.2 Å². The summed E-state index contributed by atoms with van der Waals surface area (Å²) >= 11 is 5.10. The number of hydrazone groups is 1. The van der Waals surface area contributed by atoms with Gasteiger partial charge in [0.15, 0.2) is 5.11 Å². The molecule has 0 bridgehead atoms. The van der Waals surface area contributed by atoms with Crippen molar-refractivity contribution in [3.05, 3.63) is 42.0 Å². The van der Waals surface area contributed by atoms with Gasteiger partial charge in [0.1, 0.15) is 0 Å². The fourth-order valence-electron chi connectivity index (χ4n) is 1.50. The van der Waals surface area contributed by atoms with Crippen molar-refractivity contribution in [2.24, 2.45) is 5.10 Å². The first-order valence-electron chi connectivity index (χ1n) is 6.49. The largest absolute Gasteiger partial charge is 0.358 e. The van der Waals surface area contributed by atoms with Crippen LogP contribution in [0.1, 0.15) is 26.3 Å². The van der Waals surface area contributed by atoms with E-state index in [9.17, 15) is 4.79 Å². The molecular formula is C15H20N4OS. The number of rotatable bonds is 5. The normalized spacial score (nSPS) is 10.7. The second kappa shape index (κ2) is 8.16. The van der Waals surface area contributed by atoms with E-state index in [0.717, 1.165) is 22.5 Å². The highest BCUT2D eigenvalue weighted by Gasteiger charge is 2.01. The fraction of sp³-hybridized carbons (Fsp3) is 0.267. The highest BCUT2D eigenvalue weighted by Crippen LogP contribution is 2.11. The Morgan fingerprint density at radius 3 is 2.67 bits per heavy atom. The predicted octanol–water partition coefficient (Wildman–Crippen LogP) is 2.41. The molecule has 0 saturated carbocycles. The monoisotopic (exact) mass is 304 g/mol. The number of nitrogens with zero attached hydrogens (tertiary/aromatic N) is 1. The number of hydrogen-bond acceptors (Lipinski definition) is 3. The van der Waals surface area contributed by atoms with Crippen molar-refractivity contribution in [1.82, 2.24) is 10.7 Å². The fourth-order valence-corrected chi connectivity index (χ4v) is 1.61. The molecule has 0 aromatic heterocycles. The molecule has 1 amide bonds. The van der Waals surface area contributed by atoms with E-state index in [4.69, 9.17) is 12.2 Å². The SMILES string of the molecule is C=C(C)CNC(=S)N/N=C(/C)c1cccc(NC(C)=O)c1. The summed E-state index contributed by atoms with van der Waals surface area (Å²) in [7, 11) is 0. The van der Waals surface area contributed by atoms with Crippen LogP contribution in [0.4, 0.5) is 5.69 Å². The quantitative estimate of drug-likeness (QED) is 0.338. The lowest BCUT2D eigenvalue weighted by Gasteiger charge is -2.08. The van der Waals surface area contributed by atoms with Crippen LogP contribution >= 0.6 is 12.2 Å². The van der Waals surface area contributed by atoms with E-state index in [1.165, 1.54) is 6.92 Å². The van der Waals surface area contributed by atoms with E-state index in [1.54, 1.807) is 0 Å². The highest BCUT2D eigenvalue weighted by atomic mass is 32.1. The standard InChI is InChI=1S/C15H20N4OS/c1-10(2)9-16-15(21)19-18-11(3)13-6-5-7-14(8-13)17-12(4)20/h5-8H,1,9H2,2-4H3,(H,17,20)(H2,16,19,21)/b18-11-. The Balaban J connectivity index is 2.67. The highest BCUT2D eigenvalue weighted by molar-refractivity contribution is 7.80. The Morgan fingerprint density at radius 2 is 2.05 bits per heavy atom. The molecule has 0 atom stereocenters. The number of carbonyl (C=O) groups is 1. The molecule has 0 spiro atoms. The summed E-state index contributed by atoms with van der Waals surface area (Å²) in [6, 6.07) is 7.45. The van der Waals surface area contributed by atoms with Gasteiger partial charge in [-0.25, -0.2) is 0 Å². The van der Waals surface area contributed by atoms with Crippen molar-refractivity contribution in [3.8, 4) is 0 Å². The average molecular weight is 304 g/mol. The van der Waals surface area contributed by atoms with E-state index in [1.807, 2.05) is 38.1 Å². The number of anilines is 1. The Hall–Kier alpha value is -2.21. The minimum atomic E-state index is -0.106. The van der Waals surface area contributed by atoms with Gasteiger partial charge in [-0.3, -0.25) is 10.2 Å². The van der Waals surface area contributed by atoms with Gasteiger partial charge < -0.3 is 10.6 Å². The van der Waals surface area contributed by atoms with Gasteiger partial charge in [-0.1, -0.05) is 24.3 Å². The molecule has 1 aromatic rings. The molecule has 0 radical (unpaired) electrons. The molecule has 5 nitrogen and oxygen atoms in total. The van der Waals surface area contributed by atoms with Crippen LogP contribution < -0.4 is 16.1 Å². The predicted molar refractivity (Wildman–Crippen MR) is 91.5 cm³/mol. The summed E-state index contributed by atoms with van der Waals surface area (Å²) in [6.07, 6.45) is 0. The van der Waals surface area contributed by atoms with Gasteiger partial charge in [0.25, 0.3) is 0 Å². The summed E-state index contributed by atoms with van der Waals surface area (Å²) in [4.78, 5) is 11.1. The van der Waals surface area contributed by atoms with E-state index >= 15 is 0 Å². The van der Waals surface area contributed by atoms with E-state index in [2.05, 4.69) is 27.7 Å². The molecule has 1 rings (SSSR count). The van der Waals surface area contributed by atoms with Crippen LogP contribution in [0, 0.1) is 0 Å². The number of thiocarbonyl (C=S) groups is 1. The molecule has 0 unspecified atom stereocenters. The zero-order valence-electron chi connectivity index (χ0n) is 12.5. The lowest BCUT2D eigenvalue weighted by Crippen LogP contribution is -2.33. The molecule has 6 heteroatoms. The summed E-state index contributed by atoms with van der Waals surface area (Å²) in [5.41, 5.74) is 6.16. The van der Waals surface area contributed by atoms with Crippen LogP contribution in [0.15, 0.2) is 41.5 Å². The third kappa shape index (κ3) is 6.67. The van der Waals surface area contributed by atoms with Crippen molar-refractivity contribution >= 4 is 34.6 Å². The molecule has 112 valence electrons. The van der Waals surface area contributed by atoms with Crippen molar-refractivity contribution in [3.63, 3.8) is 0 Å². The number of hydrogen-bond donors (Lipinski definition) is 3. The van der Waals surface area contributed by atoms with Crippen LogP contribution in [0.5, 0.6) is 0 Å². The molecule has 3 N–H and O–H groups in total. The first kappa shape index (κ1) is 16.8. The molecule has 0 aliphatic heterocycles. The van der Waals surface area contributed by atoms with Crippen LogP contribution in [0.2, 0.25) is 0 Å². The smallest absolute Gasteiger partial charge is 0.221 e. The first-order chi connectivity index (χ1) is 9.88. The number of nitrogens with one attached hydrogen (secondary N) is 3. The van der Waals surface area contributed by atoms with Gasteiger partial charge in [0.05, 0.1) is 5.71 Å². The first-order valence-corrected chi connectivity index (χ1v) is 6.90. The van der Waals surface area contributed by atoms with Crippen molar-refractivity contribution in [2.45, 2.75) is 20.8 Å². The van der Waals surface area contributed by atoms with Gasteiger partial charge in [0.2, 0.25) is 5.91 Å². The van der Waals surface area contributed by atoms with E-state index in [-0.39, 0.29) is 5.91 Å². The molecule has 0 aliphatic rings. The maximum Gasteiger partial charge on any atom is 0.221 e. The Kier molecular flexibility index (Phi) is 6.55. The molecule has 21 heavy (non-hydrogen) atoms. The van der Waals surface area contributed by atoms with Crippen LogP contribution in [0.3, 0.4) is 0 Å². The second-order valence-corrected chi connectivity index (χ2v) is 5.12. The van der Waals surface area contributed by atoms with Crippen molar-refractivity contribution in [1.29, 1.82) is 0 Å². The minimum absolute atomic E-state index is 0.106. The second-order valence-electron chi connectivity index (χ2n) is 4.71. The Labute approximate surface area is 130 Å². The maximum atomic E-state index is 11.1. The summed E-state index contributed by atoms with van der Waals surface area (Å²) < 4.78 is 0. The average Bonchev–Trinajstić information content (AvgIpc) is 2.42. The maximum absolute atomic E-state index is 11.1. The molecule has 0 heterocycles. The number of amides is 1. The van der Waals surface area contributed by atoms with Crippen LogP contribution in [-0.2, 0) is 4.79 Å².